The van der Waals surface area contributed by atoms with Crippen LogP contribution in [0, 0.1) is 5.82 Å². The summed E-state index contributed by atoms with van der Waals surface area (Å²) in [4.78, 5) is 27.9. The van der Waals surface area contributed by atoms with Crippen molar-refractivity contribution in [3.8, 4) is 16.9 Å². The van der Waals surface area contributed by atoms with E-state index in [1.165, 1.54) is 31.2 Å². The lowest BCUT2D eigenvalue weighted by Crippen LogP contribution is -2.49. The van der Waals surface area contributed by atoms with Crippen LogP contribution in [0.25, 0.3) is 11.1 Å². The van der Waals surface area contributed by atoms with Gasteiger partial charge in [-0.1, -0.05) is 23.7 Å². The van der Waals surface area contributed by atoms with E-state index in [-0.39, 0.29) is 23.7 Å². The fourth-order valence-corrected chi connectivity index (χ4v) is 4.16. The van der Waals surface area contributed by atoms with Gasteiger partial charge in [0.05, 0.1) is 42.2 Å². The van der Waals surface area contributed by atoms with Crippen molar-refractivity contribution in [2.24, 2.45) is 5.73 Å². The van der Waals surface area contributed by atoms with Crippen molar-refractivity contribution in [3.05, 3.63) is 76.6 Å². The molecule has 0 atom stereocenters. The summed E-state index contributed by atoms with van der Waals surface area (Å²) in [5.74, 6) is -1.44. The second kappa shape index (κ2) is 9.30. The van der Waals surface area contributed by atoms with E-state index in [9.17, 15) is 18.4 Å². The summed E-state index contributed by atoms with van der Waals surface area (Å²) in [7, 11) is 3.01. The number of benzene rings is 3. The number of rotatable bonds is 6. The molecule has 0 aliphatic carbocycles. The number of hydrogen-bond acceptors (Lipinski definition) is 4. The maximum Gasteiger partial charge on any atom is 0.262 e. The van der Waals surface area contributed by atoms with Crippen molar-refractivity contribution in [2.45, 2.75) is 6.17 Å². The number of ether oxygens (including phenoxy) is 1. The van der Waals surface area contributed by atoms with E-state index < -0.39 is 23.8 Å². The highest BCUT2D eigenvalue weighted by atomic mass is 35.5. The maximum atomic E-state index is 14.4. The predicted molar refractivity (Wildman–Crippen MR) is 128 cm³/mol. The van der Waals surface area contributed by atoms with Gasteiger partial charge in [-0.05, 0) is 48.0 Å². The topological polar surface area (TPSA) is 75.9 Å². The van der Waals surface area contributed by atoms with Gasteiger partial charge in [-0.15, -0.1) is 0 Å². The smallest absolute Gasteiger partial charge is 0.262 e. The fraction of sp³-hybridized carbons (Fsp3) is 0.200. The molecule has 9 heteroatoms. The monoisotopic (exact) mass is 485 g/mol. The van der Waals surface area contributed by atoms with Crippen molar-refractivity contribution < 1.29 is 23.1 Å². The highest BCUT2D eigenvalue weighted by molar-refractivity contribution is 6.34. The zero-order valence-electron chi connectivity index (χ0n) is 18.5. The molecule has 1 aliphatic heterocycles. The summed E-state index contributed by atoms with van der Waals surface area (Å²) >= 11 is 6.10. The lowest BCUT2D eigenvalue weighted by molar-refractivity contribution is 0.0985. The lowest BCUT2D eigenvalue weighted by atomic mass is 9.98. The van der Waals surface area contributed by atoms with Crippen LogP contribution in [0.5, 0.6) is 5.75 Å². The highest BCUT2D eigenvalue weighted by Crippen LogP contribution is 2.40. The molecule has 6 nitrogen and oxygen atoms in total. The average Bonchev–Trinajstić information content (AvgIpc) is 2.80. The first-order valence-electron chi connectivity index (χ1n) is 10.4. The molecular weight excluding hydrogens is 464 g/mol. The van der Waals surface area contributed by atoms with Crippen LogP contribution in [0.2, 0.25) is 5.02 Å². The van der Waals surface area contributed by atoms with Gasteiger partial charge < -0.3 is 20.3 Å². The van der Waals surface area contributed by atoms with E-state index in [1.54, 1.807) is 41.3 Å². The van der Waals surface area contributed by atoms with E-state index >= 15 is 0 Å². The zero-order valence-corrected chi connectivity index (χ0v) is 19.3. The largest absolute Gasteiger partial charge is 0.496 e. The molecule has 0 radical (unpaired) electrons. The van der Waals surface area contributed by atoms with Gasteiger partial charge in [-0.2, -0.15) is 0 Å². The lowest BCUT2D eigenvalue weighted by Gasteiger charge is -2.39. The molecule has 4 rings (SSSR count). The Morgan fingerprint density at radius 3 is 2.50 bits per heavy atom. The number of alkyl halides is 1. The number of carbonyl (C=O) groups excluding carboxylic acids is 2. The molecule has 0 aromatic heterocycles. The first kappa shape index (κ1) is 23.5. The number of methoxy groups -OCH3 is 1. The molecule has 3 aromatic carbocycles. The maximum absolute atomic E-state index is 14.4. The first-order valence-corrected chi connectivity index (χ1v) is 10.8. The summed E-state index contributed by atoms with van der Waals surface area (Å²) < 4.78 is 33.6. The molecule has 3 aromatic rings. The molecule has 1 heterocycles. The van der Waals surface area contributed by atoms with Crippen molar-refractivity contribution >= 4 is 34.8 Å². The Labute approximate surface area is 200 Å². The van der Waals surface area contributed by atoms with Crippen molar-refractivity contribution in [1.29, 1.82) is 0 Å². The van der Waals surface area contributed by atoms with Gasteiger partial charge in [0.2, 0.25) is 5.91 Å². The molecule has 176 valence electrons. The van der Waals surface area contributed by atoms with Gasteiger partial charge in [0.15, 0.2) is 0 Å². The second-order valence-electron chi connectivity index (χ2n) is 7.95. The van der Waals surface area contributed by atoms with E-state index in [2.05, 4.69) is 0 Å². The minimum absolute atomic E-state index is 0.00389. The fourth-order valence-electron chi connectivity index (χ4n) is 3.92. The number of primary amides is 1. The minimum Gasteiger partial charge on any atom is -0.496 e. The number of carbonyl (C=O) groups is 2. The van der Waals surface area contributed by atoms with Gasteiger partial charge in [-0.3, -0.25) is 9.59 Å². The van der Waals surface area contributed by atoms with Crippen molar-refractivity contribution in [3.63, 3.8) is 0 Å². The summed E-state index contributed by atoms with van der Waals surface area (Å²) in [5, 5.41) is -0.00389. The normalized spacial score (nSPS) is 13.4. The Hall–Kier alpha value is -3.65. The third-order valence-corrected chi connectivity index (χ3v) is 6.11. The Kier molecular flexibility index (Phi) is 6.43. The van der Waals surface area contributed by atoms with Gasteiger partial charge in [0, 0.05) is 18.2 Å². The van der Waals surface area contributed by atoms with Gasteiger partial charge in [0.1, 0.15) is 17.7 Å². The molecule has 0 saturated carbocycles. The van der Waals surface area contributed by atoms with E-state index in [1.807, 2.05) is 0 Å². The number of anilines is 2. The second-order valence-corrected chi connectivity index (χ2v) is 8.35. The third-order valence-electron chi connectivity index (χ3n) is 5.79. The predicted octanol–water partition coefficient (Wildman–Crippen LogP) is 4.69. The minimum atomic E-state index is -0.994. The van der Waals surface area contributed by atoms with Crippen LogP contribution >= 0.6 is 11.6 Å². The standard InChI is InChI=1S/C25H22ClF2N3O3/c1-30(25(33)23-18(26)4-3-5-19(23)28)20-8-6-14(11-21(20)31-12-16(27)13-31)17-10-15(24(29)32)7-9-22(17)34-2/h3-11,16H,12-13H2,1-2H3,(H2,29,32). The van der Waals surface area contributed by atoms with Crippen LogP contribution in [0.3, 0.4) is 0 Å². The van der Waals surface area contributed by atoms with E-state index in [0.29, 0.717) is 33.8 Å². The molecule has 34 heavy (non-hydrogen) atoms. The van der Waals surface area contributed by atoms with Crippen molar-refractivity contribution in [1.82, 2.24) is 0 Å². The van der Waals surface area contributed by atoms with Crippen LogP contribution in [0.15, 0.2) is 54.6 Å². The molecular formula is C25H22ClF2N3O3. The summed E-state index contributed by atoms with van der Waals surface area (Å²) in [6.07, 6.45) is -0.994. The molecule has 1 aliphatic rings. The van der Waals surface area contributed by atoms with Crippen LogP contribution in [-0.2, 0) is 0 Å². The third kappa shape index (κ3) is 4.28. The average molecular weight is 486 g/mol. The number of amides is 2. The molecule has 2 N–H and O–H groups in total. The summed E-state index contributed by atoms with van der Waals surface area (Å²) in [6, 6.07) is 14.0. The van der Waals surface area contributed by atoms with Crippen LogP contribution in [-0.4, -0.2) is 45.2 Å². The highest BCUT2D eigenvalue weighted by Gasteiger charge is 2.31. The molecule has 0 spiro atoms. The first-order chi connectivity index (χ1) is 16.2. The molecule has 1 saturated heterocycles. The van der Waals surface area contributed by atoms with Gasteiger partial charge in [-0.25, -0.2) is 8.78 Å². The number of nitrogens with zero attached hydrogens (tertiary/aromatic N) is 2. The number of hydrogen-bond donors (Lipinski definition) is 1. The van der Waals surface area contributed by atoms with Crippen LogP contribution in [0.4, 0.5) is 20.2 Å². The molecule has 0 bridgehead atoms. The number of halogens is 3. The summed E-state index contributed by atoms with van der Waals surface area (Å²) in [6.45, 7) is 0.300. The molecule has 0 unspecified atom stereocenters. The van der Waals surface area contributed by atoms with Gasteiger partial charge >= 0.3 is 0 Å². The summed E-state index contributed by atoms with van der Waals surface area (Å²) in [5.41, 5.74) is 7.79. The Balaban J connectivity index is 1.81. The van der Waals surface area contributed by atoms with Crippen LogP contribution in [0.1, 0.15) is 20.7 Å². The van der Waals surface area contributed by atoms with Gasteiger partial charge in [0.25, 0.3) is 5.91 Å². The molecule has 1 fully saturated rings. The Morgan fingerprint density at radius 2 is 1.88 bits per heavy atom. The Bertz CT molecular complexity index is 1260. The number of nitrogens with two attached hydrogens (primary N) is 1. The molecule has 2 amide bonds. The van der Waals surface area contributed by atoms with E-state index in [0.717, 1.165) is 6.07 Å². The SMILES string of the molecule is COc1ccc(C(N)=O)cc1-c1ccc(N(C)C(=O)c2c(F)cccc2Cl)c(N2CC(F)C2)c1. The quantitative estimate of drug-likeness (QED) is 0.549. The Morgan fingerprint density at radius 1 is 1.15 bits per heavy atom. The van der Waals surface area contributed by atoms with Crippen molar-refractivity contribution in [2.75, 3.05) is 37.0 Å². The van der Waals surface area contributed by atoms with Crippen LogP contribution < -0.4 is 20.3 Å². The van der Waals surface area contributed by atoms with E-state index in [4.69, 9.17) is 22.1 Å². The zero-order chi connectivity index (χ0) is 24.6.